The van der Waals surface area contributed by atoms with Crippen molar-refractivity contribution >= 4 is 17.5 Å². The topological polar surface area (TPSA) is 61.9 Å². The third-order valence-corrected chi connectivity index (χ3v) is 4.34. The summed E-state index contributed by atoms with van der Waals surface area (Å²) in [5.41, 5.74) is -0.484. The molecule has 0 saturated carbocycles. The molecule has 9 heteroatoms. The Bertz CT molecular complexity index is 629. The molecule has 1 aromatic carbocycles. The van der Waals surface area contributed by atoms with Gasteiger partial charge in [0.15, 0.2) is 0 Å². The number of hydrogen-bond acceptors (Lipinski definition) is 4. The van der Waals surface area contributed by atoms with Gasteiger partial charge in [0.1, 0.15) is 0 Å². The van der Waals surface area contributed by atoms with E-state index in [1.54, 1.807) is 4.90 Å². The normalized spacial score (nSPS) is 15.4. The maximum absolute atomic E-state index is 12.5. The van der Waals surface area contributed by atoms with Crippen LogP contribution in [0.5, 0.6) is 0 Å². The Kier molecular flexibility index (Phi) is 7.61. The summed E-state index contributed by atoms with van der Waals surface area (Å²) in [5.74, 6) is -0.474. The standard InChI is InChI=1S/C18H24F3N3O3/c1-14(25)24(9-8-23-10-12-27-13-11-23)7-6-17(26)22-16-4-2-15(3-5-16)18(19,20)21/h2-5H,6-13H2,1H3,(H,22,26). The summed E-state index contributed by atoms with van der Waals surface area (Å²) in [5, 5.41) is 2.55. The molecule has 0 aliphatic carbocycles. The molecule has 6 nitrogen and oxygen atoms in total. The van der Waals surface area contributed by atoms with Gasteiger partial charge in [-0.1, -0.05) is 0 Å². The second-order valence-electron chi connectivity index (χ2n) is 6.33. The van der Waals surface area contributed by atoms with Crippen molar-refractivity contribution in [3.63, 3.8) is 0 Å². The molecule has 1 aliphatic rings. The van der Waals surface area contributed by atoms with E-state index in [4.69, 9.17) is 4.74 Å². The first-order chi connectivity index (χ1) is 12.8. The number of halogens is 3. The molecule has 1 saturated heterocycles. The minimum Gasteiger partial charge on any atom is -0.379 e. The number of hydrogen-bond donors (Lipinski definition) is 1. The summed E-state index contributed by atoms with van der Waals surface area (Å²) in [4.78, 5) is 27.6. The number of rotatable bonds is 7. The van der Waals surface area contributed by atoms with Crippen molar-refractivity contribution in [2.75, 3.05) is 51.3 Å². The van der Waals surface area contributed by atoms with Crippen LogP contribution >= 0.6 is 0 Å². The van der Waals surface area contributed by atoms with Gasteiger partial charge in [-0.3, -0.25) is 14.5 Å². The van der Waals surface area contributed by atoms with Crippen LogP contribution in [0.2, 0.25) is 0 Å². The maximum Gasteiger partial charge on any atom is 0.416 e. The zero-order valence-electron chi connectivity index (χ0n) is 15.2. The average Bonchev–Trinajstić information content (AvgIpc) is 2.62. The van der Waals surface area contributed by atoms with Crippen LogP contribution in [-0.4, -0.2) is 67.6 Å². The van der Waals surface area contributed by atoms with Crippen molar-refractivity contribution in [1.29, 1.82) is 0 Å². The fourth-order valence-corrected chi connectivity index (χ4v) is 2.72. The van der Waals surface area contributed by atoms with Crippen molar-refractivity contribution in [3.8, 4) is 0 Å². The lowest BCUT2D eigenvalue weighted by atomic mass is 10.2. The van der Waals surface area contributed by atoms with Crippen LogP contribution in [0, 0.1) is 0 Å². The van der Waals surface area contributed by atoms with Gasteiger partial charge in [0.2, 0.25) is 11.8 Å². The molecule has 1 heterocycles. The van der Waals surface area contributed by atoms with E-state index < -0.39 is 11.7 Å². The van der Waals surface area contributed by atoms with Crippen LogP contribution in [0.1, 0.15) is 18.9 Å². The van der Waals surface area contributed by atoms with Gasteiger partial charge < -0.3 is 15.0 Å². The molecule has 2 rings (SSSR count). The van der Waals surface area contributed by atoms with Crippen molar-refractivity contribution < 1.29 is 27.5 Å². The summed E-state index contributed by atoms with van der Waals surface area (Å²) >= 11 is 0. The van der Waals surface area contributed by atoms with Crippen molar-refractivity contribution in [3.05, 3.63) is 29.8 Å². The first-order valence-corrected chi connectivity index (χ1v) is 8.78. The first-order valence-electron chi connectivity index (χ1n) is 8.78. The lowest BCUT2D eigenvalue weighted by molar-refractivity contribution is -0.137. The molecular weight excluding hydrogens is 363 g/mol. The number of carbonyl (C=O) groups is 2. The largest absolute Gasteiger partial charge is 0.416 e. The second-order valence-corrected chi connectivity index (χ2v) is 6.33. The summed E-state index contributed by atoms with van der Waals surface area (Å²) in [7, 11) is 0. The fourth-order valence-electron chi connectivity index (χ4n) is 2.72. The zero-order chi connectivity index (χ0) is 19.9. The predicted molar refractivity (Wildman–Crippen MR) is 94.2 cm³/mol. The highest BCUT2D eigenvalue weighted by Gasteiger charge is 2.30. The van der Waals surface area contributed by atoms with Gasteiger partial charge in [-0.2, -0.15) is 13.2 Å². The highest BCUT2D eigenvalue weighted by Crippen LogP contribution is 2.29. The molecule has 150 valence electrons. The van der Waals surface area contributed by atoms with Gasteiger partial charge in [-0.25, -0.2) is 0 Å². The fraction of sp³-hybridized carbons (Fsp3) is 0.556. The monoisotopic (exact) mass is 387 g/mol. The number of nitrogens with one attached hydrogen (secondary N) is 1. The van der Waals surface area contributed by atoms with E-state index in [2.05, 4.69) is 10.2 Å². The van der Waals surface area contributed by atoms with E-state index in [1.807, 2.05) is 0 Å². The van der Waals surface area contributed by atoms with Crippen LogP contribution in [0.3, 0.4) is 0 Å². The second kappa shape index (κ2) is 9.70. The summed E-state index contributed by atoms with van der Waals surface area (Å²) in [6.07, 6.45) is -4.34. The molecule has 27 heavy (non-hydrogen) atoms. The Hall–Kier alpha value is -2.13. The van der Waals surface area contributed by atoms with Crippen molar-refractivity contribution in [2.24, 2.45) is 0 Å². The van der Waals surface area contributed by atoms with E-state index in [-0.39, 0.29) is 30.5 Å². The number of nitrogens with zero attached hydrogens (tertiary/aromatic N) is 2. The predicted octanol–water partition coefficient (Wildman–Crippen LogP) is 2.21. The molecule has 1 fully saturated rings. The van der Waals surface area contributed by atoms with E-state index in [9.17, 15) is 22.8 Å². The number of anilines is 1. The molecule has 1 N–H and O–H groups in total. The van der Waals surface area contributed by atoms with E-state index >= 15 is 0 Å². The van der Waals surface area contributed by atoms with Crippen LogP contribution in [0.25, 0.3) is 0 Å². The van der Waals surface area contributed by atoms with Crippen LogP contribution in [0.4, 0.5) is 18.9 Å². The van der Waals surface area contributed by atoms with Crippen LogP contribution in [0.15, 0.2) is 24.3 Å². The number of benzene rings is 1. The Balaban J connectivity index is 1.78. The first kappa shape index (κ1) is 21.2. The molecule has 2 amide bonds. The third-order valence-electron chi connectivity index (χ3n) is 4.34. The molecule has 0 atom stereocenters. The van der Waals surface area contributed by atoms with Crippen molar-refractivity contribution in [2.45, 2.75) is 19.5 Å². The highest BCUT2D eigenvalue weighted by atomic mass is 19.4. The molecule has 0 unspecified atom stereocenters. The highest BCUT2D eigenvalue weighted by molar-refractivity contribution is 5.91. The summed E-state index contributed by atoms with van der Waals surface area (Å²) in [6.45, 7) is 5.93. The van der Waals surface area contributed by atoms with Gasteiger partial charge >= 0.3 is 6.18 Å². The zero-order valence-corrected chi connectivity index (χ0v) is 15.2. The number of amides is 2. The van der Waals surface area contributed by atoms with Gasteiger partial charge in [-0.05, 0) is 24.3 Å². The molecule has 0 aromatic heterocycles. The SMILES string of the molecule is CC(=O)N(CCC(=O)Nc1ccc(C(F)(F)F)cc1)CCN1CCOCC1. The number of alkyl halides is 3. The summed E-state index contributed by atoms with van der Waals surface area (Å²) < 4.78 is 42.9. The van der Waals surface area contributed by atoms with Gasteiger partial charge in [0.05, 0.1) is 18.8 Å². The van der Waals surface area contributed by atoms with E-state index in [0.717, 1.165) is 25.2 Å². The third kappa shape index (κ3) is 7.18. The average molecular weight is 387 g/mol. The smallest absolute Gasteiger partial charge is 0.379 e. The van der Waals surface area contributed by atoms with Gasteiger partial charge in [0.25, 0.3) is 0 Å². The van der Waals surface area contributed by atoms with Crippen molar-refractivity contribution in [1.82, 2.24) is 9.80 Å². The van der Waals surface area contributed by atoms with E-state index in [0.29, 0.717) is 26.3 Å². The van der Waals surface area contributed by atoms with E-state index in [1.165, 1.54) is 19.1 Å². The lowest BCUT2D eigenvalue weighted by Gasteiger charge is -2.29. The lowest BCUT2D eigenvalue weighted by Crippen LogP contribution is -2.43. The molecule has 0 radical (unpaired) electrons. The number of carbonyl (C=O) groups excluding carboxylic acids is 2. The molecule has 1 aromatic rings. The summed E-state index contributed by atoms with van der Waals surface area (Å²) in [6, 6.07) is 4.25. The number of ether oxygens (including phenoxy) is 1. The Morgan fingerprint density at radius 2 is 1.78 bits per heavy atom. The quantitative estimate of drug-likeness (QED) is 0.779. The molecule has 0 spiro atoms. The minimum atomic E-state index is -4.41. The maximum atomic E-state index is 12.5. The molecule has 1 aliphatic heterocycles. The number of morpholine rings is 1. The van der Waals surface area contributed by atoms with Crippen LogP contribution in [-0.2, 0) is 20.5 Å². The Morgan fingerprint density at radius 3 is 2.33 bits per heavy atom. The minimum absolute atomic E-state index is 0.0731. The molecular formula is C18H24F3N3O3. The van der Waals surface area contributed by atoms with Gasteiger partial charge in [0, 0.05) is 51.8 Å². The molecule has 0 bridgehead atoms. The van der Waals surface area contributed by atoms with Crippen LogP contribution < -0.4 is 5.32 Å². The Morgan fingerprint density at radius 1 is 1.15 bits per heavy atom. The Labute approximate surface area is 156 Å². The van der Waals surface area contributed by atoms with Gasteiger partial charge in [-0.15, -0.1) is 0 Å².